The minimum Gasteiger partial charge on any atom is -0.468 e. The Hall–Kier alpha value is -1.33. The zero-order chi connectivity index (χ0) is 14.9. The largest absolute Gasteiger partial charge is 0.468 e. The first-order valence-corrected chi connectivity index (χ1v) is 7.66. The van der Waals surface area contributed by atoms with Gasteiger partial charge in [0.25, 0.3) is 5.91 Å². The van der Waals surface area contributed by atoms with Crippen molar-refractivity contribution in [1.29, 1.82) is 0 Å². The van der Waals surface area contributed by atoms with Crippen LogP contribution in [0.4, 0.5) is 0 Å². The monoisotopic (exact) mass is 292 g/mol. The molecular weight excluding hydrogens is 268 g/mol. The highest BCUT2D eigenvalue weighted by Crippen LogP contribution is 2.41. The summed E-state index contributed by atoms with van der Waals surface area (Å²) in [4.78, 5) is 16.1. The van der Waals surface area contributed by atoms with Gasteiger partial charge in [-0.25, -0.2) is 0 Å². The molecule has 2 fully saturated rings. The molecule has 2 saturated heterocycles. The summed E-state index contributed by atoms with van der Waals surface area (Å²) in [5.41, 5.74) is 0.140. The molecule has 1 aromatic rings. The van der Waals surface area contributed by atoms with E-state index < -0.39 is 0 Å². The summed E-state index contributed by atoms with van der Waals surface area (Å²) in [6, 6.07) is 3.95. The van der Waals surface area contributed by atoms with E-state index in [1.54, 1.807) is 25.3 Å². The third-order valence-electron chi connectivity index (χ3n) is 4.63. The Balaban J connectivity index is 1.62. The lowest BCUT2D eigenvalue weighted by molar-refractivity contribution is -0.138. The van der Waals surface area contributed by atoms with E-state index in [1.807, 2.05) is 12.1 Å². The molecule has 1 spiro atoms. The maximum absolute atomic E-state index is 12.1. The van der Waals surface area contributed by atoms with Gasteiger partial charge in [-0.3, -0.25) is 9.69 Å². The van der Waals surface area contributed by atoms with Gasteiger partial charge in [0.05, 0.1) is 19.4 Å². The lowest BCUT2D eigenvalue weighted by Crippen LogP contribution is -2.43. The van der Waals surface area contributed by atoms with Gasteiger partial charge in [0.15, 0.2) is 0 Å². The zero-order valence-electron chi connectivity index (χ0n) is 12.9. The summed E-state index contributed by atoms with van der Waals surface area (Å²) in [5.74, 6) is 1.10. The third-order valence-corrected chi connectivity index (χ3v) is 4.63. The summed E-state index contributed by atoms with van der Waals surface area (Å²) in [5, 5.41) is 0. The SMILES string of the molecule is CN(C)C(=O)[C@H]1C[C@]2(CCCN(Cc3ccco3)C2)CO1. The van der Waals surface area contributed by atoms with Crippen molar-refractivity contribution in [1.82, 2.24) is 9.80 Å². The first kappa shape index (κ1) is 14.6. The highest BCUT2D eigenvalue weighted by molar-refractivity contribution is 5.80. The Morgan fingerprint density at radius 3 is 3.10 bits per heavy atom. The summed E-state index contributed by atoms with van der Waals surface area (Å²) in [7, 11) is 3.58. The van der Waals surface area contributed by atoms with Crippen molar-refractivity contribution in [3.8, 4) is 0 Å². The highest BCUT2D eigenvalue weighted by atomic mass is 16.5. The number of piperidine rings is 1. The maximum Gasteiger partial charge on any atom is 0.251 e. The number of likely N-dealkylation sites (tertiary alicyclic amines) is 1. The molecule has 3 rings (SSSR count). The quantitative estimate of drug-likeness (QED) is 0.851. The average molecular weight is 292 g/mol. The second-order valence-corrected chi connectivity index (χ2v) is 6.63. The van der Waals surface area contributed by atoms with Gasteiger partial charge in [0.1, 0.15) is 11.9 Å². The molecular formula is C16H24N2O3. The number of amides is 1. The fourth-order valence-corrected chi connectivity index (χ4v) is 3.59. The smallest absolute Gasteiger partial charge is 0.251 e. The van der Waals surface area contributed by atoms with Crippen molar-refractivity contribution in [2.45, 2.75) is 31.9 Å². The Bertz CT molecular complexity index is 486. The lowest BCUT2D eigenvalue weighted by atomic mass is 9.78. The maximum atomic E-state index is 12.1. The predicted molar refractivity (Wildman–Crippen MR) is 78.7 cm³/mol. The zero-order valence-corrected chi connectivity index (χ0v) is 12.9. The first-order valence-electron chi connectivity index (χ1n) is 7.66. The Morgan fingerprint density at radius 1 is 1.52 bits per heavy atom. The van der Waals surface area contributed by atoms with E-state index in [-0.39, 0.29) is 17.4 Å². The highest BCUT2D eigenvalue weighted by Gasteiger charge is 2.45. The van der Waals surface area contributed by atoms with E-state index in [4.69, 9.17) is 9.15 Å². The number of ether oxygens (including phenoxy) is 1. The van der Waals surface area contributed by atoms with Crippen molar-refractivity contribution < 1.29 is 13.9 Å². The Morgan fingerprint density at radius 2 is 2.38 bits per heavy atom. The molecule has 0 N–H and O–H groups in total. The Labute approximate surface area is 125 Å². The van der Waals surface area contributed by atoms with Crippen LogP contribution in [-0.2, 0) is 16.1 Å². The summed E-state index contributed by atoms with van der Waals surface area (Å²) < 4.78 is 11.3. The lowest BCUT2D eigenvalue weighted by Gasteiger charge is -2.39. The van der Waals surface area contributed by atoms with Crippen LogP contribution in [0.15, 0.2) is 22.8 Å². The number of likely N-dealkylation sites (N-methyl/N-ethyl adjacent to an activating group) is 1. The van der Waals surface area contributed by atoms with Crippen molar-refractivity contribution in [2.24, 2.45) is 5.41 Å². The molecule has 0 unspecified atom stereocenters. The second-order valence-electron chi connectivity index (χ2n) is 6.63. The van der Waals surface area contributed by atoms with Gasteiger partial charge in [-0.05, 0) is 37.9 Å². The number of nitrogens with zero attached hydrogens (tertiary/aromatic N) is 2. The van der Waals surface area contributed by atoms with Crippen LogP contribution in [0, 0.1) is 5.41 Å². The van der Waals surface area contributed by atoms with Crippen LogP contribution in [0.2, 0.25) is 0 Å². The normalized spacial score (nSPS) is 29.9. The van der Waals surface area contributed by atoms with E-state index in [0.29, 0.717) is 6.61 Å². The average Bonchev–Trinajstić information content (AvgIpc) is 3.09. The predicted octanol–water partition coefficient (Wildman–Crippen LogP) is 1.74. The molecule has 2 atom stereocenters. The van der Waals surface area contributed by atoms with Crippen molar-refractivity contribution in [2.75, 3.05) is 33.8 Å². The minimum atomic E-state index is -0.261. The molecule has 0 aromatic carbocycles. The molecule has 116 valence electrons. The molecule has 21 heavy (non-hydrogen) atoms. The van der Waals surface area contributed by atoms with Crippen LogP contribution in [0.1, 0.15) is 25.0 Å². The van der Waals surface area contributed by atoms with Crippen LogP contribution in [0.25, 0.3) is 0 Å². The van der Waals surface area contributed by atoms with E-state index in [1.165, 1.54) is 0 Å². The van der Waals surface area contributed by atoms with Crippen LogP contribution in [0.3, 0.4) is 0 Å². The summed E-state index contributed by atoms with van der Waals surface area (Å²) >= 11 is 0. The molecule has 2 aliphatic rings. The van der Waals surface area contributed by atoms with Gasteiger partial charge in [-0.1, -0.05) is 0 Å². The van der Waals surface area contributed by atoms with Crippen molar-refractivity contribution >= 4 is 5.91 Å². The molecule has 5 nitrogen and oxygen atoms in total. The molecule has 1 aromatic heterocycles. The Kier molecular flexibility index (Phi) is 4.04. The summed E-state index contributed by atoms with van der Waals surface area (Å²) in [6.45, 7) is 3.63. The number of hydrogen-bond donors (Lipinski definition) is 0. The molecule has 3 heterocycles. The van der Waals surface area contributed by atoms with E-state index in [0.717, 1.165) is 44.7 Å². The van der Waals surface area contributed by atoms with Gasteiger partial charge < -0.3 is 14.1 Å². The number of carbonyl (C=O) groups is 1. The number of furan rings is 1. The van der Waals surface area contributed by atoms with Crippen LogP contribution in [-0.4, -0.2) is 55.6 Å². The van der Waals surface area contributed by atoms with Crippen LogP contribution < -0.4 is 0 Å². The third kappa shape index (κ3) is 3.14. The van der Waals surface area contributed by atoms with E-state index in [9.17, 15) is 4.79 Å². The molecule has 2 aliphatic heterocycles. The van der Waals surface area contributed by atoms with Gasteiger partial charge >= 0.3 is 0 Å². The molecule has 0 radical (unpaired) electrons. The van der Waals surface area contributed by atoms with Gasteiger partial charge in [-0.15, -0.1) is 0 Å². The molecule has 0 aliphatic carbocycles. The van der Waals surface area contributed by atoms with Crippen molar-refractivity contribution in [3.05, 3.63) is 24.2 Å². The first-order chi connectivity index (χ1) is 10.1. The minimum absolute atomic E-state index is 0.0926. The molecule has 0 saturated carbocycles. The second kappa shape index (κ2) is 5.81. The van der Waals surface area contributed by atoms with Gasteiger partial charge in [0, 0.05) is 26.1 Å². The standard InChI is InChI=1S/C16H24N2O3/c1-17(2)15(19)14-9-16(12-21-14)6-4-7-18(11-16)10-13-5-3-8-20-13/h3,5,8,14H,4,6-7,9-12H2,1-2H3/t14-,16+/m1/s1. The number of rotatable bonds is 3. The fourth-order valence-electron chi connectivity index (χ4n) is 3.59. The van der Waals surface area contributed by atoms with Gasteiger partial charge in [0.2, 0.25) is 0 Å². The van der Waals surface area contributed by atoms with Gasteiger partial charge in [-0.2, -0.15) is 0 Å². The summed E-state index contributed by atoms with van der Waals surface area (Å²) in [6.07, 6.45) is 4.62. The molecule has 1 amide bonds. The molecule has 0 bridgehead atoms. The number of carbonyl (C=O) groups excluding carboxylic acids is 1. The topological polar surface area (TPSA) is 45.9 Å². The van der Waals surface area contributed by atoms with Crippen molar-refractivity contribution in [3.63, 3.8) is 0 Å². The van der Waals surface area contributed by atoms with Crippen LogP contribution in [0.5, 0.6) is 0 Å². The van der Waals surface area contributed by atoms with E-state index in [2.05, 4.69) is 4.90 Å². The fraction of sp³-hybridized carbons (Fsp3) is 0.688. The van der Waals surface area contributed by atoms with Crippen LogP contribution >= 0.6 is 0 Å². The van der Waals surface area contributed by atoms with E-state index >= 15 is 0 Å². The number of hydrogen-bond acceptors (Lipinski definition) is 4. The molecule has 5 heteroatoms.